The summed E-state index contributed by atoms with van der Waals surface area (Å²) >= 11 is 0. The Hall–Kier alpha value is -2.10. The molecule has 2 atom stereocenters. The molecule has 0 aliphatic carbocycles. The van der Waals surface area contributed by atoms with Gasteiger partial charge in [-0.05, 0) is 68.3 Å². The minimum Gasteiger partial charge on any atom is -0.343 e. The van der Waals surface area contributed by atoms with Crippen LogP contribution in [-0.4, -0.2) is 41.7 Å². The van der Waals surface area contributed by atoms with Gasteiger partial charge in [-0.15, -0.1) is 0 Å². The number of nitrogens with zero attached hydrogens (tertiary/aromatic N) is 2. The molecule has 3 heterocycles. The molecule has 0 bridgehead atoms. The zero-order chi connectivity index (χ0) is 27.9. The second-order valence-corrected chi connectivity index (χ2v) is 11.6. The van der Waals surface area contributed by atoms with Crippen LogP contribution in [0.3, 0.4) is 0 Å². The Morgan fingerprint density at radius 1 is 1.03 bits per heavy atom. The van der Waals surface area contributed by atoms with E-state index in [-0.39, 0.29) is 0 Å². The van der Waals surface area contributed by atoms with Crippen molar-refractivity contribution in [2.45, 2.75) is 117 Å². The molecule has 39 heavy (non-hydrogen) atoms. The lowest BCUT2D eigenvalue weighted by atomic mass is 9.91. The van der Waals surface area contributed by atoms with Crippen molar-refractivity contribution in [1.29, 1.82) is 0 Å². The third-order valence-electron chi connectivity index (χ3n) is 8.66. The Labute approximate surface area is 240 Å². The number of rotatable bonds is 10. The molecule has 0 saturated carbocycles. The minimum atomic E-state index is 0.590. The smallest absolute Gasteiger partial charge is 0.0492 e. The largest absolute Gasteiger partial charge is 0.343 e. The quantitative estimate of drug-likeness (QED) is 0.308. The first-order valence-corrected chi connectivity index (χ1v) is 16.2. The number of fused-ring (bicyclic) bond motifs is 3. The fourth-order valence-corrected chi connectivity index (χ4v) is 6.51. The van der Waals surface area contributed by atoms with Crippen molar-refractivity contribution in [3.05, 3.63) is 65.9 Å². The highest BCUT2D eigenvalue weighted by atomic mass is 15.2. The number of hydrogen-bond acceptors (Lipinski definition) is 2. The SMILES string of the molecule is C=Cc1ccc2c(C(C)CCCCCC)c3n(c2c1)CCNC/C=C\C=C/C3.CCCN1CCCCC1CC. The van der Waals surface area contributed by atoms with Gasteiger partial charge in [-0.2, -0.15) is 0 Å². The highest BCUT2D eigenvalue weighted by Gasteiger charge is 2.21. The molecule has 2 aliphatic heterocycles. The van der Waals surface area contributed by atoms with E-state index in [0.717, 1.165) is 32.1 Å². The van der Waals surface area contributed by atoms with Crippen LogP contribution in [0.15, 0.2) is 49.1 Å². The molecule has 2 unspecified atom stereocenters. The fourth-order valence-electron chi connectivity index (χ4n) is 6.51. The molecule has 0 amide bonds. The average Bonchev–Trinajstić information content (AvgIpc) is 3.24. The molecule has 2 aliphatic rings. The number of piperidine rings is 1. The van der Waals surface area contributed by atoms with Gasteiger partial charge in [-0.25, -0.2) is 0 Å². The summed E-state index contributed by atoms with van der Waals surface area (Å²) in [5.74, 6) is 0.590. The van der Waals surface area contributed by atoms with E-state index < -0.39 is 0 Å². The Morgan fingerprint density at radius 2 is 1.87 bits per heavy atom. The third kappa shape index (κ3) is 9.22. The molecule has 3 nitrogen and oxygen atoms in total. The van der Waals surface area contributed by atoms with Crippen molar-refractivity contribution in [1.82, 2.24) is 14.8 Å². The Kier molecular flexibility index (Phi) is 14.2. The first-order valence-electron chi connectivity index (χ1n) is 16.2. The van der Waals surface area contributed by atoms with Crippen LogP contribution in [0.1, 0.15) is 115 Å². The van der Waals surface area contributed by atoms with Crippen molar-refractivity contribution in [2.24, 2.45) is 0 Å². The number of benzene rings is 1. The summed E-state index contributed by atoms with van der Waals surface area (Å²) in [7, 11) is 0. The maximum absolute atomic E-state index is 3.98. The number of likely N-dealkylation sites (tertiary alicyclic amines) is 1. The maximum atomic E-state index is 3.98. The summed E-state index contributed by atoms with van der Waals surface area (Å²) in [5, 5.41) is 4.98. The number of allylic oxidation sites excluding steroid dienone is 3. The normalized spacial score (nSPS) is 20.8. The lowest BCUT2D eigenvalue weighted by molar-refractivity contribution is 0.144. The molecular weight excluding hydrogens is 474 g/mol. The summed E-state index contributed by atoms with van der Waals surface area (Å²) in [6.45, 7) is 18.9. The molecule has 1 aromatic carbocycles. The van der Waals surface area contributed by atoms with Crippen molar-refractivity contribution in [3.8, 4) is 0 Å². The van der Waals surface area contributed by atoms with E-state index in [1.54, 1.807) is 5.56 Å². The zero-order valence-corrected chi connectivity index (χ0v) is 25.7. The van der Waals surface area contributed by atoms with Gasteiger partial charge in [0.15, 0.2) is 0 Å². The predicted molar refractivity (Wildman–Crippen MR) is 174 cm³/mol. The zero-order valence-electron chi connectivity index (χ0n) is 25.7. The molecule has 1 fully saturated rings. The third-order valence-corrected chi connectivity index (χ3v) is 8.66. The van der Waals surface area contributed by atoms with Crippen molar-refractivity contribution >= 4 is 17.0 Å². The second-order valence-electron chi connectivity index (χ2n) is 11.6. The molecule has 4 rings (SSSR count). The highest BCUT2D eigenvalue weighted by Crippen LogP contribution is 2.36. The topological polar surface area (TPSA) is 20.2 Å². The molecule has 1 saturated heterocycles. The van der Waals surface area contributed by atoms with Gasteiger partial charge in [0, 0.05) is 48.7 Å². The van der Waals surface area contributed by atoms with E-state index in [9.17, 15) is 0 Å². The van der Waals surface area contributed by atoms with E-state index in [0.29, 0.717) is 5.92 Å². The van der Waals surface area contributed by atoms with E-state index >= 15 is 0 Å². The summed E-state index contributed by atoms with van der Waals surface area (Å²) in [4.78, 5) is 2.67. The summed E-state index contributed by atoms with van der Waals surface area (Å²) < 4.78 is 2.56. The van der Waals surface area contributed by atoms with Gasteiger partial charge in [0.1, 0.15) is 0 Å². The lowest BCUT2D eigenvalue weighted by Gasteiger charge is -2.34. The summed E-state index contributed by atoms with van der Waals surface area (Å²) in [6.07, 6.45) is 25.4. The predicted octanol–water partition coefficient (Wildman–Crippen LogP) is 9.28. The Bertz CT molecular complexity index is 1040. The van der Waals surface area contributed by atoms with Gasteiger partial charge in [0.2, 0.25) is 0 Å². The van der Waals surface area contributed by atoms with Crippen molar-refractivity contribution in [3.63, 3.8) is 0 Å². The molecule has 216 valence electrons. The Morgan fingerprint density at radius 3 is 2.64 bits per heavy atom. The number of aromatic nitrogens is 1. The molecule has 1 N–H and O–H groups in total. The lowest BCUT2D eigenvalue weighted by Crippen LogP contribution is -2.39. The monoisotopic (exact) mass is 531 g/mol. The van der Waals surface area contributed by atoms with Crippen molar-refractivity contribution in [2.75, 3.05) is 26.2 Å². The van der Waals surface area contributed by atoms with Gasteiger partial charge >= 0.3 is 0 Å². The molecule has 2 aromatic rings. The van der Waals surface area contributed by atoms with Gasteiger partial charge in [-0.3, -0.25) is 0 Å². The fraction of sp³-hybridized carbons (Fsp3) is 0.611. The van der Waals surface area contributed by atoms with Crippen LogP contribution in [0.5, 0.6) is 0 Å². The van der Waals surface area contributed by atoms with E-state index in [2.05, 4.69) is 91.6 Å². The van der Waals surface area contributed by atoms with Crippen LogP contribution in [0.25, 0.3) is 17.0 Å². The standard InChI is InChI=1S/C26H36N2.C10H21N/c1-4-6-7-10-13-21(3)26-23-16-15-22(5-2)20-25(23)28-19-18-27-17-12-9-8-11-14-24(26)28;1-3-8-11-9-6-5-7-10(11)4-2/h5,8-9,11-12,15-16,20-21,27H,2,4,6-7,10,13-14,17-19H2,1,3H3;10H,3-9H2,1-2H3/b11-8-,12-9-;. The molecular formula is C36H57N3. The van der Waals surface area contributed by atoms with Gasteiger partial charge in [0.25, 0.3) is 0 Å². The van der Waals surface area contributed by atoms with Crippen LogP contribution in [0.2, 0.25) is 0 Å². The first kappa shape index (κ1) is 31.4. The molecule has 0 spiro atoms. The van der Waals surface area contributed by atoms with Crippen LogP contribution < -0.4 is 5.32 Å². The number of unbranched alkanes of at least 4 members (excludes halogenated alkanes) is 3. The van der Waals surface area contributed by atoms with Crippen LogP contribution in [0.4, 0.5) is 0 Å². The van der Waals surface area contributed by atoms with Gasteiger partial charge in [-0.1, -0.05) is 109 Å². The molecule has 0 radical (unpaired) electrons. The minimum absolute atomic E-state index is 0.590. The van der Waals surface area contributed by atoms with Crippen molar-refractivity contribution < 1.29 is 0 Å². The van der Waals surface area contributed by atoms with Gasteiger partial charge in [0.05, 0.1) is 0 Å². The van der Waals surface area contributed by atoms with E-state index in [4.69, 9.17) is 0 Å². The van der Waals surface area contributed by atoms with Crippen LogP contribution >= 0.6 is 0 Å². The first-order chi connectivity index (χ1) is 19.1. The van der Waals surface area contributed by atoms with Gasteiger partial charge < -0.3 is 14.8 Å². The molecule has 3 heteroatoms. The Balaban J connectivity index is 0.000000320. The van der Waals surface area contributed by atoms with Crippen LogP contribution in [0, 0.1) is 0 Å². The van der Waals surface area contributed by atoms with E-state index in [1.807, 2.05) is 6.08 Å². The second kappa shape index (κ2) is 17.6. The molecule has 1 aromatic heterocycles. The maximum Gasteiger partial charge on any atom is 0.0492 e. The van der Waals surface area contributed by atoms with Crippen LogP contribution in [-0.2, 0) is 13.0 Å². The number of nitrogens with one attached hydrogen (secondary N) is 1. The average molecular weight is 532 g/mol. The summed E-state index contributed by atoms with van der Waals surface area (Å²) in [5.41, 5.74) is 5.63. The summed E-state index contributed by atoms with van der Waals surface area (Å²) in [6, 6.07) is 7.77. The highest BCUT2D eigenvalue weighted by molar-refractivity contribution is 5.88. The number of hydrogen-bond donors (Lipinski definition) is 1. The van der Waals surface area contributed by atoms with E-state index in [1.165, 1.54) is 99.5 Å².